The molecule has 1 fully saturated rings. The highest BCUT2D eigenvalue weighted by molar-refractivity contribution is 9.10. The van der Waals surface area contributed by atoms with Crippen LogP contribution < -0.4 is 5.32 Å². The van der Waals surface area contributed by atoms with E-state index in [4.69, 9.17) is 0 Å². The van der Waals surface area contributed by atoms with E-state index in [1.54, 1.807) is 0 Å². The van der Waals surface area contributed by atoms with E-state index in [2.05, 4.69) is 35.1 Å². The molecule has 1 aliphatic rings. The second-order valence-electron chi connectivity index (χ2n) is 5.02. The Morgan fingerprint density at radius 1 is 1.41 bits per heavy atom. The molecule has 1 saturated heterocycles. The van der Waals surface area contributed by atoms with E-state index in [1.807, 2.05) is 29.2 Å². The minimum Gasteiger partial charge on any atom is -0.336 e. The van der Waals surface area contributed by atoms with Crippen molar-refractivity contribution in [3.63, 3.8) is 0 Å². The van der Waals surface area contributed by atoms with Gasteiger partial charge in [-0.2, -0.15) is 0 Å². The lowest BCUT2D eigenvalue weighted by Crippen LogP contribution is -2.58. The van der Waals surface area contributed by atoms with Gasteiger partial charge in [0.2, 0.25) is 0 Å². The van der Waals surface area contributed by atoms with Gasteiger partial charge in [-0.1, -0.05) is 12.1 Å². The fourth-order valence-electron chi connectivity index (χ4n) is 2.12. The summed E-state index contributed by atoms with van der Waals surface area (Å²) in [6.45, 7) is 6.60. The lowest BCUT2D eigenvalue weighted by Gasteiger charge is -2.39. The van der Waals surface area contributed by atoms with Crippen LogP contribution in [0.5, 0.6) is 0 Å². The maximum atomic E-state index is 12.4. The Kier molecular flexibility index (Phi) is 3.54. The van der Waals surface area contributed by atoms with Crippen LogP contribution in [-0.4, -0.2) is 36.0 Å². The van der Waals surface area contributed by atoms with Gasteiger partial charge in [0.05, 0.1) is 5.56 Å². The van der Waals surface area contributed by atoms with Crippen LogP contribution in [-0.2, 0) is 0 Å². The third-order valence-electron chi connectivity index (χ3n) is 2.96. The molecular weight excluding hydrogens is 280 g/mol. The molecule has 2 rings (SSSR count). The molecule has 0 aliphatic carbocycles. The van der Waals surface area contributed by atoms with Crippen LogP contribution in [0.1, 0.15) is 24.2 Å². The average Bonchev–Trinajstić information content (AvgIpc) is 2.27. The smallest absolute Gasteiger partial charge is 0.255 e. The quantitative estimate of drug-likeness (QED) is 0.862. The average molecular weight is 297 g/mol. The first-order valence-electron chi connectivity index (χ1n) is 5.78. The van der Waals surface area contributed by atoms with Crippen molar-refractivity contribution in [2.45, 2.75) is 19.4 Å². The normalized spacial score (nSPS) is 19.1. The van der Waals surface area contributed by atoms with Gasteiger partial charge in [0.1, 0.15) is 0 Å². The Morgan fingerprint density at radius 3 is 2.76 bits per heavy atom. The molecule has 1 heterocycles. The van der Waals surface area contributed by atoms with Gasteiger partial charge in [0.25, 0.3) is 5.91 Å². The maximum absolute atomic E-state index is 12.4. The van der Waals surface area contributed by atoms with Crippen LogP contribution in [0.4, 0.5) is 0 Å². The number of rotatable bonds is 1. The van der Waals surface area contributed by atoms with Gasteiger partial charge < -0.3 is 10.2 Å². The minimum atomic E-state index is -0.00480. The van der Waals surface area contributed by atoms with Crippen LogP contribution in [0.15, 0.2) is 28.7 Å². The molecule has 0 bridgehead atoms. The van der Waals surface area contributed by atoms with Gasteiger partial charge in [-0.3, -0.25) is 4.79 Å². The predicted molar refractivity (Wildman–Crippen MR) is 72.1 cm³/mol. The molecular formula is C13H17BrN2O. The van der Waals surface area contributed by atoms with E-state index in [0.29, 0.717) is 0 Å². The highest BCUT2D eigenvalue weighted by Crippen LogP contribution is 2.20. The molecule has 1 N–H and O–H groups in total. The summed E-state index contributed by atoms with van der Waals surface area (Å²) in [6.07, 6.45) is 0. The number of benzene rings is 1. The van der Waals surface area contributed by atoms with Crippen molar-refractivity contribution < 1.29 is 4.79 Å². The molecule has 0 spiro atoms. The third kappa shape index (κ3) is 2.87. The highest BCUT2D eigenvalue weighted by Gasteiger charge is 2.29. The van der Waals surface area contributed by atoms with Crippen molar-refractivity contribution in [3.05, 3.63) is 34.3 Å². The highest BCUT2D eigenvalue weighted by atomic mass is 79.9. The van der Waals surface area contributed by atoms with Crippen molar-refractivity contribution in [1.82, 2.24) is 10.2 Å². The summed E-state index contributed by atoms with van der Waals surface area (Å²) < 4.78 is 0.862. The monoisotopic (exact) mass is 296 g/mol. The summed E-state index contributed by atoms with van der Waals surface area (Å²) >= 11 is 3.43. The van der Waals surface area contributed by atoms with E-state index < -0.39 is 0 Å². The van der Waals surface area contributed by atoms with Crippen LogP contribution in [0.25, 0.3) is 0 Å². The van der Waals surface area contributed by atoms with Crippen molar-refractivity contribution in [2.75, 3.05) is 19.6 Å². The zero-order valence-corrected chi connectivity index (χ0v) is 11.8. The Hall–Kier alpha value is -0.870. The molecule has 4 heteroatoms. The Bertz CT molecular complexity index is 431. The van der Waals surface area contributed by atoms with Crippen LogP contribution in [0.3, 0.4) is 0 Å². The van der Waals surface area contributed by atoms with Gasteiger partial charge in [-0.25, -0.2) is 0 Å². The molecule has 17 heavy (non-hydrogen) atoms. The first-order chi connectivity index (χ1) is 7.99. The van der Waals surface area contributed by atoms with E-state index in [1.165, 1.54) is 0 Å². The van der Waals surface area contributed by atoms with E-state index in [9.17, 15) is 4.79 Å². The van der Waals surface area contributed by atoms with E-state index in [-0.39, 0.29) is 11.4 Å². The number of nitrogens with one attached hydrogen (secondary N) is 1. The maximum Gasteiger partial charge on any atom is 0.255 e. The minimum absolute atomic E-state index is 0.00480. The number of hydrogen-bond acceptors (Lipinski definition) is 2. The zero-order valence-electron chi connectivity index (χ0n) is 10.2. The summed E-state index contributed by atoms with van der Waals surface area (Å²) in [4.78, 5) is 14.3. The van der Waals surface area contributed by atoms with Gasteiger partial charge >= 0.3 is 0 Å². The molecule has 92 valence electrons. The molecule has 1 amide bonds. The van der Waals surface area contributed by atoms with Crippen LogP contribution in [0, 0.1) is 0 Å². The molecule has 1 aromatic rings. The van der Waals surface area contributed by atoms with Crippen LogP contribution in [0.2, 0.25) is 0 Å². The molecule has 0 unspecified atom stereocenters. The SMILES string of the molecule is CC1(C)CN(C(=O)c2ccccc2Br)CCN1. The molecule has 0 aromatic heterocycles. The number of piperazine rings is 1. The Labute approximate surface area is 110 Å². The molecule has 1 aromatic carbocycles. The predicted octanol–water partition coefficient (Wildman–Crippen LogP) is 2.27. The lowest BCUT2D eigenvalue weighted by atomic mass is 10.0. The zero-order chi connectivity index (χ0) is 12.5. The number of halogens is 1. The van der Waals surface area contributed by atoms with Gasteiger partial charge in [-0.15, -0.1) is 0 Å². The number of carbonyl (C=O) groups is 1. The molecule has 1 aliphatic heterocycles. The van der Waals surface area contributed by atoms with Crippen molar-refractivity contribution in [1.29, 1.82) is 0 Å². The summed E-state index contributed by atoms with van der Waals surface area (Å²) in [5.41, 5.74) is 0.736. The first kappa shape index (κ1) is 12.6. The first-order valence-corrected chi connectivity index (χ1v) is 6.58. The number of amides is 1. The number of hydrogen-bond donors (Lipinski definition) is 1. The Morgan fingerprint density at radius 2 is 2.12 bits per heavy atom. The molecule has 0 saturated carbocycles. The molecule has 0 radical (unpaired) electrons. The van der Waals surface area contributed by atoms with Gasteiger partial charge in [0.15, 0.2) is 0 Å². The fraction of sp³-hybridized carbons (Fsp3) is 0.462. The van der Waals surface area contributed by atoms with Gasteiger partial charge in [0, 0.05) is 29.6 Å². The third-order valence-corrected chi connectivity index (χ3v) is 3.65. The standard InChI is InChI=1S/C13H17BrN2O/c1-13(2)9-16(8-7-15-13)12(17)10-5-3-4-6-11(10)14/h3-6,15H,7-9H2,1-2H3. The second-order valence-corrected chi connectivity index (χ2v) is 5.87. The van der Waals surface area contributed by atoms with E-state index >= 15 is 0 Å². The topological polar surface area (TPSA) is 32.3 Å². The summed E-state index contributed by atoms with van der Waals surface area (Å²) in [7, 11) is 0. The van der Waals surface area contributed by atoms with Crippen molar-refractivity contribution in [3.8, 4) is 0 Å². The van der Waals surface area contributed by atoms with Gasteiger partial charge in [-0.05, 0) is 41.9 Å². The lowest BCUT2D eigenvalue weighted by molar-refractivity contribution is 0.0651. The summed E-state index contributed by atoms with van der Waals surface area (Å²) in [5.74, 6) is 0.104. The fourth-order valence-corrected chi connectivity index (χ4v) is 2.57. The molecule has 0 atom stereocenters. The van der Waals surface area contributed by atoms with Crippen molar-refractivity contribution in [2.24, 2.45) is 0 Å². The Balaban J connectivity index is 2.18. The largest absolute Gasteiger partial charge is 0.336 e. The molecule has 3 nitrogen and oxygen atoms in total. The van der Waals surface area contributed by atoms with Crippen molar-refractivity contribution >= 4 is 21.8 Å². The summed E-state index contributed by atoms with van der Waals surface area (Å²) in [5, 5.41) is 3.40. The number of carbonyl (C=O) groups excluding carboxylic acids is 1. The van der Waals surface area contributed by atoms with E-state index in [0.717, 1.165) is 29.7 Å². The second kappa shape index (κ2) is 4.78. The number of nitrogens with zero attached hydrogens (tertiary/aromatic N) is 1. The van der Waals surface area contributed by atoms with Crippen LogP contribution >= 0.6 is 15.9 Å². The summed E-state index contributed by atoms with van der Waals surface area (Å²) in [6, 6.07) is 7.58.